The van der Waals surface area contributed by atoms with Crippen LogP contribution in [0.1, 0.15) is 0 Å². The van der Waals surface area contributed by atoms with Crippen LogP contribution in [-0.2, 0) is 27.7 Å². The summed E-state index contributed by atoms with van der Waals surface area (Å²) < 4.78 is 10.5. The maximum atomic E-state index is 8.01. The Morgan fingerprint density at radius 3 is 3.22 bits per heavy atom. The molecule has 1 rings (SSSR count). The molecule has 0 fully saturated rings. The van der Waals surface area contributed by atoms with E-state index in [2.05, 4.69) is 2.64 Å². The zero-order valence-electron chi connectivity index (χ0n) is 4.70. The van der Waals surface area contributed by atoms with Gasteiger partial charge in [-0.25, -0.2) is 0 Å². The van der Waals surface area contributed by atoms with Gasteiger partial charge in [0, 0.05) is 0 Å². The van der Waals surface area contributed by atoms with Gasteiger partial charge in [0.25, 0.3) is 0 Å². The second kappa shape index (κ2) is 3.52. The predicted octanol–water partition coefficient (Wildman–Crippen LogP) is 0.400. The van der Waals surface area contributed by atoms with E-state index in [1.54, 1.807) is 18.6 Å². The average Bonchev–Trinajstić information content (AvgIpc) is 2.34. The van der Waals surface area contributed by atoms with Crippen molar-refractivity contribution in [2.24, 2.45) is 0 Å². The van der Waals surface area contributed by atoms with Gasteiger partial charge in [-0.05, 0) is 0 Å². The Morgan fingerprint density at radius 2 is 2.67 bits per heavy atom. The minimum absolute atomic E-state index is 0.886. The van der Waals surface area contributed by atoms with Crippen molar-refractivity contribution in [2.75, 3.05) is 0 Å². The molecule has 0 aromatic carbocycles. The fourth-order valence-corrected chi connectivity index (χ4v) is 2.84. The number of nitriles is 1. The van der Waals surface area contributed by atoms with Crippen molar-refractivity contribution >= 4 is 3.27 Å². The van der Waals surface area contributed by atoms with Crippen LogP contribution in [0.25, 0.3) is 0 Å². The molecule has 0 aliphatic carbocycles. The summed E-state index contributed by atoms with van der Waals surface area (Å²) in [7, 11) is 0. The molecule has 3 nitrogen and oxygen atoms in total. The Bertz CT molecular complexity index is 201. The summed E-state index contributed by atoms with van der Waals surface area (Å²) in [5.74, 6) is 0. The van der Waals surface area contributed by atoms with E-state index in [-0.39, 0.29) is 0 Å². The van der Waals surface area contributed by atoms with Gasteiger partial charge in [-0.3, -0.25) is 0 Å². The average molecular weight is 310 g/mol. The molecule has 0 atom stereocenters. The molecule has 0 saturated heterocycles. The quantitative estimate of drug-likeness (QED) is 0.587. The molecule has 0 N–H and O–H groups in total. The first-order valence-corrected chi connectivity index (χ1v) is 7.46. The van der Waals surface area contributed by atoms with Crippen molar-refractivity contribution < 1.29 is 32.1 Å². The summed E-state index contributed by atoms with van der Waals surface area (Å²) in [6, 6.07) is 3.65. The molecule has 0 radical (unpaired) electrons. The zero-order chi connectivity index (χ0) is 6.53. The summed E-state index contributed by atoms with van der Waals surface area (Å²) in [6.45, 7) is 0. The van der Waals surface area contributed by atoms with Crippen molar-refractivity contribution in [3.05, 3.63) is 18.4 Å². The van der Waals surface area contributed by atoms with Crippen molar-refractivity contribution in [1.82, 2.24) is 0 Å². The molecule has 0 bridgehead atoms. The number of rotatable bonds is 2. The van der Waals surface area contributed by atoms with Crippen LogP contribution in [0.5, 0.6) is 0 Å². The van der Waals surface area contributed by atoms with Gasteiger partial charge in [0.05, 0.1) is 0 Å². The first-order chi connectivity index (χ1) is 4.43. The van der Waals surface area contributed by atoms with Crippen LogP contribution in [-0.4, -0.2) is 0 Å². The topological polar surface area (TPSA) is 46.2 Å². The normalized spacial score (nSPS) is 7.44. The molecule has 0 saturated carbocycles. The molecular formula is C5H3HgNO2. The van der Waals surface area contributed by atoms with Gasteiger partial charge >= 0.3 is 65.3 Å². The van der Waals surface area contributed by atoms with Gasteiger partial charge in [0.2, 0.25) is 0 Å². The number of furan rings is 1. The third-order valence-electron chi connectivity index (χ3n) is 0.859. The summed E-state index contributed by atoms with van der Waals surface area (Å²) in [4.78, 5) is 0. The molecule has 0 aliphatic rings. The fraction of sp³-hybridized carbons (Fsp3) is 0. The van der Waals surface area contributed by atoms with Gasteiger partial charge in [0.1, 0.15) is 0 Å². The first-order valence-electron chi connectivity index (χ1n) is 2.47. The summed E-state index contributed by atoms with van der Waals surface area (Å²) in [6.07, 6.45) is 3.24. The zero-order valence-corrected chi connectivity index (χ0v) is 10.2. The van der Waals surface area contributed by atoms with Crippen molar-refractivity contribution in [1.29, 1.82) is 5.26 Å². The Balaban J connectivity index is 2.41. The first kappa shape index (κ1) is 6.62. The SMILES string of the molecule is N#C[O][Hg][c]1ccco1. The van der Waals surface area contributed by atoms with Crippen molar-refractivity contribution in [3.63, 3.8) is 0 Å². The molecule has 0 aliphatic heterocycles. The predicted molar refractivity (Wildman–Crippen MR) is 25.0 cm³/mol. The Labute approximate surface area is 65.3 Å². The standard InChI is InChI=1S/C4H3O.CHNO.Hg/c1-2-4-5-3-1;2-1-3;/h1-3H;3H;/q;;+1/p-1. The van der Waals surface area contributed by atoms with E-state index in [1.165, 1.54) is 0 Å². The Hall–Kier alpha value is -0.495. The number of hydrogen-bond donors (Lipinski definition) is 0. The molecule has 42 valence electrons. The van der Waals surface area contributed by atoms with E-state index >= 15 is 0 Å². The molecular weight excluding hydrogens is 307 g/mol. The monoisotopic (exact) mass is 311 g/mol. The molecule has 0 amide bonds. The van der Waals surface area contributed by atoms with E-state index in [0.29, 0.717) is 0 Å². The Morgan fingerprint density at radius 1 is 1.78 bits per heavy atom. The fourth-order valence-electron chi connectivity index (χ4n) is 0.498. The number of hydrogen-bond acceptors (Lipinski definition) is 3. The van der Waals surface area contributed by atoms with Crippen molar-refractivity contribution in [3.8, 4) is 6.26 Å². The van der Waals surface area contributed by atoms with E-state index < -0.39 is 25.0 Å². The van der Waals surface area contributed by atoms with Crippen LogP contribution in [0, 0.1) is 11.5 Å². The van der Waals surface area contributed by atoms with Gasteiger partial charge in [-0.15, -0.1) is 0 Å². The summed E-state index contributed by atoms with van der Waals surface area (Å²) in [5, 5.41) is 8.01. The van der Waals surface area contributed by atoms with Crippen LogP contribution in [0.2, 0.25) is 0 Å². The van der Waals surface area contributed by atoms with E-state index in [9.17, 15) is 0 Å². The van der Waals surface area contributed by atoms with Crippen LogP contribution < -0.4 is 3.27 Å². The van der Waals surface area contributed by atoms with Crippen LogP contribution in [0.3, 0.4) is 0 Å². The van der Waals surface area contributed by atoms with Gasteiger partial charge in [0.15, 0.2) is 0 Å². The third-order valence-corrected chi connectivity index (χ3v) is 4.59. The molecule has 1 heterocycles. The molecule has 9 heavy (non-hydrogen) atoms. The van der Waals surface area contributed by atoms with Crippen molar-refractivity contribution in [2.45, 2.75) is 0 Å². The van der Waals surface area contributed by atoms with Gasteiger partial charge in [-0.2, -0.15) is 0 Å². The minimum atomic E-state index is -1.57. The summed E-state index contributed by atoms with van der Waals surface area (Å²) >= 11 is -1.57. The molecule has 4 heteroatoms. The van der Waals surface area contributed by atoms with Gasteiger partial charge < -0.3 is 0 Å². The second-order valence-corrected chi connectivity index (χ2v) is 6.41. The van der Waals surface area contributed by atoms with E-state index in [4.69, 9.17) is 9.68 Å². The van der Waals surface area contributed by atoms with Gasteiger partial charge in [-0.1, -0.05) is 0 Å². The van der Waals surface area contributed by atoms with Crippen LogP contribution in [0.4, 0.5) is 0 Å². The second-order valence-electron chi connectivity index (χ2n) is 1.46. The molecule has 1 aromatic heterocycles. The molecule has 0 unspecified atom stereocenters. The van der Waals surface area contributed by atoms with Crippen LogP contribution in [0.15, 0.2) is 22.8 Å². The molecule has 0 spiro atoms. The van der Waals surface area contributed by atoms with E-state index in [0.717, 1.165) is 3.27 Å². The molecule has 1 aromatic rings. The van der Waals surface area contributed by atoms with Crippen LogP contribution >= 0.6 is 0 Å². The summed E-state index contributed by atoms with van der Waals surface area (Å²) in [5.41, 5.74) is 0. The number of nitrogens with zero attached hydrogens (tertiary/aromatic N) is 1. The van der Waals surface area contributed by atoms with E-state index in [1.807, 2.05) is 6.07 Å². The Kier molecular flexibility index (Phi) is 2.59. The third kappa shape index (κ3) is 2.06. The maximum absolute atomic E-state index is 8.01.